The average molecular weight is 254 g/mol. The van der Waals surface area contributed by atoms with Crippen molar-refractivity contribution in [3.05, 3.63) is 34.9 Å². The molecule has 2 rings (SSSR count). The quantitative estimate of drug-likeness (QED) is 0.895. The van der Waals surface area contributed by atoms with Gasteiger partial charge in [0.25, 0.3) is 0 Å². The van der Waals surface area contributed by atoms with Gasteiger partial charge in [0.1, 0.15) is 0 Å². The molecule has 0 aromatic heterocycles. The van der Waals surface area contributed by atoms with E-state index in [0.717, 1.165) is 24.6 Å². The van der Waals surface area contributed by atoms with Crippen LogP contribution in [0.2, 0.25) is 5.02 Å². The van der Waals surface area contributed by atoms with Crippen LogP contribution in [0.1, 0.15) is 31.4 Å². The second-order valence-electron chi connectivity index (χ2n) is 5.02. The predicted octanol–water partition coefficient (Wildman–Crippen LogP) is 3.11. The summed E-state index contributed by atoms with van der Waals surface area (Å²) in [5, 5.41) is 10.9. The van der Waals surface area contributed by atoms with Crippen LogP contribution in [0.15, 0.2) is 24.3 Å². The van der Waals surface area contributed by atoms with Crippen LogP contribution in [0.4, 0.5) is 0 Å². The van der Waals surface area contributed by atoms with Crippen LogP contribution >= 0.6 is 11.6 Å². The summed E-state index contributed by atoms with van der Waals surface area (Å²) < 4.78 is 0. The number of aliphatic hydroxyl groups excluding tert-OH is 1. The standard InChI is InChI=1S/C14H20ClNO/c1-11-6-8-16(9-7-11)10-14(17)12-4-2-3-5-13(12)15/h2-5,11,14,17H,6-10H2,1H3. The van der Waals surface area contributed by atoms with E-state index in [1.807, 2.05) is 24.3 Å². The van der Waals surface area contributed by atoms with Crippen molar-refractivity contribution in [3.8, 4) is 0 Å². The highest BCUT2D eigenvalue weighted by molar-refractivity contribution is 6.31. The molecule has 0 amide bonds. The Morgan fingerprint density at radius 2 is 2.00 bits per heavy atom. The monoisotopic (exact) mass is 253 g/mol. The van der Waals surface area contributed by atoms with Crippen molar-refractivity contribution in [1.29, 1.82) is 0 Å². The summed E-state index contributed by atoms with van der Waals surface area (Å²) in [4.78, 5) is 2.33. The summed E-state index contributed by atoms with van der Waals surface area (Å²) in [6.07, 6.45) is 1.99. The molecule has 94 valence electrons. The summed E-state index contributed by atoms with van der Waals surface area (Å²) in [7, 11) is 0. The first-order valence-corrected chi connectivity index (χ1v) is 6.69. The number of likely N-dealkylation sites (tertiary alicyclic amines) is 1. The molecule has 0 saturated carbocycles. The third kappa shape index (κ3) is 3.44. The number of benzene rings is 1. The zero-order valence-electron chi connectivity index (χ0n) is 10.3. The van der Waals surface area contributed by atoms with Gasteiger partial charge in [-0.2, -0.15) is 0 Å². The smallest absolute Gasteiger partial charge is 0.0931 e. The lowest BCUT2D eigenvalue weighted by Gasteiger charge is -2.31. The molecule has 1 aliphatic rings. The molecule has 0 bridgehead atoms. The van der Waals surface area contributed by atoms with Crippen molar-refractivity contribution in [2.45, 2.75) is 25.9 Å². The largest absolute Gasteiger partial charge is 0.387 e. The number of piperidine rings is 1. The Morgan fingerprint density at radius 1 is 1.35 bits per heavy atom. The molecule has 0 spiro atoms. The van der Waals surface area contributed by atoms with Crippen molar-refractivity contribution in [2.75, 3.05) is 19.6 Å². The summed E-state index contributed by atoms with van der Waals surface area (Å²) in [6.45, 7) is 5.16. The molecule has 1 heterocycles. The molecule has 3 heteroatoms. The van der Waals surface area contributed by atoms with Gasteiger partial charge in [0, 0.05) is 17.1 Å². The first-order chi connectivity index (χ1) is 8.16. The molecule has 1 aliphatic heterocycles. The summed E-state index contributed by atoms with van der Waals surface area (Å²) in [6, 6.07) is 7.54. The van der Waals surface area contributed by atoms with Crippen molar-refractivity contribution >= 4 is 11.6 Å². The lowest BCUT2D eigenvalue weighted by Crippen LogP contribution is -2.36. The molecule has 1 aromatic carbocycles. The van der Waals surface area contributed by atoms with Crippen molar-refractivity contribution in [3.63, 3.8) is 0 Å². The fourth-order valence-electron chi connectivity index (χ4n) is 2.33. The number of aliphatic hydroxyl groups is 1. The predicted molar refractivity (Wildman–Crippen MR) is 71.2 cm³/mol. The molecule has 1 N–H and O–H groups in total. The number of nitrogens with zero attached hydrogens (tertiary/aromatic N) is 1. The fraction of sp³-hybridized carbons (Fsp3) is 0.571. The molecular weight excluding hydrogens is 234 g/mol. The van der Waals surface area contributed by atoms with Gasteiger partial charge in [-0.05, 0) is 37.9 Å². The van der Waals surface area contributed by atoms with Gasteiger partial charge >= 0.3 is 0 Å². The molecule has 1 aromatic rings. The topological polar surface area (TPSA) is 23.5 Å². The van der Waals surface area contributed by atoms with Crippen LogP contribution in [-0.4, -0.2) is 29.6 Å². The van der Waals surface area contributed by atoms with Crippen molar-refractivity contribution in [1.82, 2.24) is 4.90 Å². The molecule has 0 aliphatic carbocycles. The number of halogens is 1. The number of rotatable bonds is 3. The van der Waals surface area contributed by atoms with Gasteiger partial charge in [-0.3, -0.25) is 0 Å². The van der Waals surface area contributed by atoms with E-state index in [2.05, 4.69) is 11.8 Å². The van der Waals surface area contributed by atoms with Gasteiger partial charge in [-0.1, -0.05) is 36.7 Å². The van der Waals surface area contributed by atoms with Crippen LogP contribution in [0.3, 0.4) is 0 Å². The highest BCUT2D eigenvalue weighted by Gasteiger charge is 2.19. The Labute approximate surface area is 108 Å². The molecule has 17 heavy (non-hydrogen) atoms. The van der Waals surface area contributed by atoms with Gasteiger partial charge in [-0.15, -0.1) is 0 Å². The molecule has 2 nitrogen and oxygen atoms in total. The Bertz CT molecular complexity index is 361. The minimum atomic E-state index is -0.475. The molecule has 1 unspecified atom stereocenters. The summed E-state index contributed by atoms with van der Waals surface area (Å²) >= 11 is 6.08. The second-order valence-corrected chi connectivity index (χ2v) is 5.43. The van der Waals surface area contributed by atoms with Gasteiger partial charge < -0.3 is 10.0 Å². The van der Waals surface area contributed by atoms with E-state index >= 15 is 0 Å². The van der Waals surface area contributed by atoms with Gasteiger partial charge in [0.15, 0.2) is 0 Å². The van der Waals surface area contributed by atoms with E-state index in [-0.39, 0.29) is 0 Å². The van der Waals surface area contributed by atoms with Gasteiger partial charge in [0.2, 0.25) is 0 Å². The Kier molecular flexibility index (Phi) is 4.43. The Balaban J connectivity index is 1.93. The SMILES string of the molecule is CC1CCN(CC(O)c2ccccc2Cl)CC1. The summed E-state index contributed by atoms with van der Waals surface area (Å²) in [5.41, 5.74) is 0.841. The fourth-order valence-corrected chi connectivity index (χ4v) is 2.59. The molecule has 0 radical (unpaired) electrons. The van der Waals surface area contributed by atoms with Crippen LogP contribution in [-0.2, 0) is 0 Å². The van der Waals surface area contributed by atoms with E-state index in [9.17, 15) is 5.11 Å². The van der Waals surface area contributed by atoms with E-state index in [1.165, 1.54) is 12.8 Å². The average Bonchev–Trinajstić information content (AvgIpc) is 2.32. The minimum absolute atomic E-state index is 0.475. The van der Waals surface area contributed by atoms with E-state index in [4.69, 9.17) is 11.6 Å². The van der Waals surface area contributed by atoms with Crippen molar-refractivity contribution < 1.29 is 5.11 Å². The first-order valence-electron chi connectivity index (χ1n) is 6.31. The highest BCUT2D eigenvalue weighted by atomic mass is 35.5. The van der Waals surface area contributed by atoms with E-state index in [1.54, 1.807) is 0 Å². The van der Waals surface area contributed by atoms with E-state index < -0.39 is 6.10 Å². The number of β-amino-alcohol motifs (C(OH)–C–C–N with tert-alkyl or cyclic N) is 1. The third-order valence-corrected chi connectivity index (χ3v) is 3.92. The van der Waals surface area contributed by atoms with Gasteiger partial charge in [0.05, 0.1) is 6.10 Å². The summed E-state index contributed by atoms with van der Waals surface area (Å²) in [5.74, 6) is 0.823. The zero-order valence-corrected chi connectivity index (χ0v) is 11.0. The maximum atomic E-state index is 10.2. The lowest BCUT2D eigenvalue weighted by molar-refractivity contribution is 0.0917. The molecular formula is C14H20ClNO. The van der Waals surface area contributed by atoms with Crippen LogP contribution in [0, 0.1) is 5.92 Å². The normalized spacial score (nSPS) is 20.4. The molecule has 1 fully saturated rings. The van der Waals surface area contributed by atoms with E-state index in [0.29, 0.717) is 11.6 Å². The first kappa shape index (κ1) is 12.9. The Hall–Kier alpha value is -0.570. The van der Waals surface area contributed by atoms with Crippen molar-refractivity contribution in [2.24, 2.45) is 5.92 Å². The van der Waals surface area contributed by atoms with Crippen LogP contribution in [0.25, 0.3) is 0 Å². The second kappa shape index (κ2) is 5.85. The number of hydrogen-bond acceptors (Lipinski definition) is 2. The zero-order chi connectivity index (χ0) is 12.3. The van der Waals surface area contributed by atoms with Crippen LogP contribution < -0.4 is 0 Å². The maximum absolute atomic E-state index is 10.2. The number of hydrogen-bond donors (Lipinski definition) is 1. The minimum Gasteiger partial charge on any atom is -0.387 e. The highest BCUT2D eigenvalue weighted by Crippen LogP contribution is 2.25. The third-order valence-electron chi connectivity index (χ3n) is 3.57. The molecule has 1 atom stereocenters. The lowest BCUT2D eigenvalue weighted by atomic mass is 9.98. The van der Waals surface area contributed by atoms with Crippen LogP contribution in [0.5, 0.6) is 0 Å². The Morgan fingerprint density at radius 3 is 2.65 bits per heavy atom. The van der Waals surface area contributed by atoms with Gasteiger partial charge in [-0.25, -0.2) is 0 Å². The maximum Gasteiger partial charge on any atom is 0.0931 e. The molecule has 1 saturated heterocycles.